The summed E-state index contributed by atoms with van der Waals surface area (Å²) >= 11 is 0. The third-order valence-corrected chi connectivity index (χ3v) is 2.75. The second kappa shape index (κ2) is 8.81. The molecule has 0 spiro atoms. The van der Waals surface area contributed by atoms with Crippen LogP contribution in [0.5, 0.6) is 0 Å². The highest BCUT2D eigenvalue weighted by molar-refractivity contribution is 5.95. The first-order valence-electron chi connectivity index (χ1n) is 6.16. The average molecular weight is 275 g/mol. The minimum absolute atomic E-state index is 0.0618. The summed E-state index contributed by atoms with van der Waals surface area (Å²) in [6.45, 7) is 2.18. The lowest BCUT2D eigenvalue weighted by atomic mass is 10.2. The molecule has 0 aromatic carbocycles. The normalized spacial score (nSPS) is 20.0. The molecule has 1 saturated heterocycles. The number of urea groups is 1. The fraction of sp³-hybridized carbons (Fsp3) is 0.818. The van der Waals surface area contributed by atoms with E-state index in [1.54, 1.807) is 4.90 Å². The molecular weight excluding hydrogens is 254 g/mol. The maximum atomic E-state index is 11.6. The van der Waals surface area contributed by atoms with Crippen LogP contribution < -0.4 is 10.6 Å². The Morgan fingerprint density at radius 3 is 3.00 bits per heavy atom. The standard InChI is InChI=1S/C11H21N3O5/c1-18-4-2-12-11(17)13-10(16)6-14-3-5-19-8-9(14)7-15/h9,15H,2-8H2,1H3,(H2,12,13,16,17). The van der Waals surface area contributed by atoms with Crippen molar-refractivity contribution in [1.29, 1.82) is 0 Å². The number of aliphatic hydroxyl groups is 1. The Bertz CT molecular complexity index is 300. The summed E-state index contributed by atoms with van der Waals surface area (Å²) in [5.74, 6) is -0.407. The van der Waals surface area contributed by atoms with Crippen molar-refractivity contribution >= 4 is 11.9 Å². The minimum Gasteiger partial charge on any atom is -0.395 e. The molecule has 1 aliphatic rings. The van der Waals surface area contributed by atoms with Crippen LogP contribution in [-0.4, -0.2) is 81.2 Å². The van der Waals surface area contributed by atoms with Crippen molar-refractivity contribution in [2.24, 2.45) is 0 Å². The number of nitrogens with one attached hydrogen (secondary N) is 2. The Kier molecular flexibility index (Phi) is 7.34. The molecule has 1 unspecified atom stereocenters. The molecule has 3 amide bonds. The smallest absolute Gasteiger partial charge is 0.321 e. The van der Waals surface area contributed by atoms with Crippen molar-refractivity contribution in [2.75, 3.05) is 53.2 Å². The summed E-state index contributed by atoms with van der Waals surface area (Å²) < 4.78 is 9.97. The van der Waals surface area contributed by atoms with Gasteiger partial charge in [-0.15, -0.1) is 0 Å². The van der Waals surface area contributed by atoms with E-state index in [1.807, 2.05) is 0 Å². The van der Waals surface area contributed by atoms with Gasteiger partial charge in [-0.2, -0.15) is 0 Å². The monoisotopic (exact) mass is 275 g/mol. The minimum atomic E-state index is -0.546. The molecule has 1 aliphatic heterocycles. The lowest BCUT2D eigenvalue weighted by molar-refractivity contribution is -0.124. The number of imide groups is 1. The van der Waals surface area contributed by atoms with Crippen LogP contribution in [0.25, 0.3) is 0 Å². The Labute approximate surface area is 112 Å². The van der Waals surface area contributed by atoms with Gasteiger partial charge in [-0.05, 0) is 0 Å². The van der Waals surface area contributed by atoms with Crippen molar-refractivity contribution in [2.45, 2.75) is 6.04 Å². The maximum Gasteiger partial charge on any atom is 0.321 e. The Morgan fingerprint density at radius 1 is 1.53 bits per heavy atom. The zero-order valence-corrected chi connectivity index (χ0v) is 11.1. The molecule has 1 atom stereocenters. The number of ether oxygens (including phenoxy) is 2. The third-order valence-electron chi connectivity index (χ3n) is 2.75. The predicted molar refractivity (Wildman–Crippen MR) is 66.7 cm³/mol. The van der Waals surface area contributed by atoms with Gasteiger partial charge in [0.05, 0.1) is 39.0 Å². The largest absolute Gasteiger partial charge is 0.395 e. The van der Waals surface area contributed by atoms with Crippen LogP contribution >= 0.6 is 0 Å². The van der Waals surface area contributed by atoms with E-state index in [0.717, 1.165) is 0 Å². The lowest BCUT2D eigenvalue weighted by Gasteiger charge is -2.33. The molecule has 0 bridgehead atoms. The second-order valence-electron chi connectivity index (χ2n) is 4.18. The molecule has 1 fully saturated rings. The van der Waals surface area contributed by atoms with Gasteiger partial charge in [0, 0.05) is 20.2 Å². The molecular formula is C11H21N3O5. The zero-order valence-electron chi connectivity index (χ0n) is 11.1. The quantitative estimate of drug-likeness (QED) is 0.492. The van der Waals surface area contributed by atoms with E-state index in [4.69, 9.17) is 14.6 Å². The molecule has 0 aromatic heterocycles. The number of carbonyl (C=O) groups is 2. The summed E-state index contributed by atoms with van der Waals surface area (Å²) in [5, 5.41) is 13.9. The summed E-state index contributed by atoms with van der Waals surface area (Å²) in [4.78, 5) is 24.8. The van der Waals surface area contributed by atoms with Crippen LogP contribution in [0.3, 0.4) is 0 Å². The van der Waals surface area contributed by atoms with E-state index in [2.05, 4.69) is 10.6 Å². The van der Waals surface area contributed by atoms with Gasteiger partial charge in [0.25, 0.3) is 0 Å². The number of hydrogen-bond acceptors (Lipinski definition) is 6. The van der Waals surface area contributed by atoms with Crippen LogP contribution in [0.1, 0.15) is 0 Å². The van der Waals surface area contributed by atoms with Gasteiger partial charge in [-0.3, -0.25) is 15.0 Å². The topological polar surface area (TPSA) is 100 Å². The number of hydrogen-bond donors (Lipinski definition) is 3. The van der Waals surface area contributed by atoms with Crippen molar-refractivity contribution in [3.63, 3.8) is 0 Å². The summed E-state index contributed by atoms with van der Waals surface area (Å²) in [6, 6.07) is -0.744. The molecule has 1 heterocycles. The first kappa shape index (κ1) is 15.8. The summed E-state index contributed by atoms with van der Waals surface area (Å²) in [6.07, 6.45) is 0. The molecule has 0 aromatic rings. The molecule has 3 N–H and O–H groups in total. The molecule has 8 nitrogen and oxygen atoms in total. The first-order chi connectivity index (χ1) is 9.17. The number of methoxy groups -OCH3 is 1. The van der Waals surface area contributed by atoms with Crippen LogP contribution in [0, 0.1) is 0 Å². The average Bonchev–Trinajstić information content (AvgIpc) is 2.39. The van der Waals surface area contributed by atoms with Gasteiger partial charge in [0.2, 0.25) is 5.91 Å². The lowest BCUT2D eigenvalue weighted by Crippen LogP contribution is -2.52. The molecule has 1 rings (SSSR count). The SMILES string of the molecule is COCCNC(=O)NC(=O)CN1CCOCC1CO. The number of amides is 3. The van der Waals surface area contributed by atoms with Crippen LogP contribution in [0.2, 0.25) is 0 Å². The maximum absolute atomic E-state index is 11.6. The van der Waals surface area contributed by atoms with Crippen molar-refractivity contribution in [3.8, 4) is 0 Å². The number of carbonyl (C=O) groups excluding carboxylic acids is 2. The molecule has 0 saturated carbocycles. The van der Waals surface area contributed by atoms with Crippen molar-refractivity contribution in [1.82, 2.24) is 15.5 Å². The molecule has 0 aliphatic carbocycles. The highest BCUT2D eigenvalue weighted by atomic mass is 16.5. The number of morpholine rings is 1. The first-order valence-corrected chi connectivity index (χ1v) is 6.16. The van der Waals surface area contributed by atoms with E-state index < -0.39 is 11.9 Å². The molecule has 0 radical (unpaired) electrons. The highest BCUT2D eigenvalue weighted by Gasteiger charge is 2.24. The number of rotatable bonds is 6. The van der Waals surface area contributed by atoms with E-state index >= 15 is 0 Å². The summed E-state index contributed by atoms with van der Waals surface area (Å²) in [7, 11) is 1.53. The molecule has 8 heteroatoms. The second-order valence-corrected chi connectivity index (χ2v) is 4.18. The van der Waals surface area contributed by atoms with Crippen molar-refractivity contribution < 1.29 is 24.2 Å². The van der Waals surface area contributed by atoms with E-state index in [0.29, 0.717) is 32.9 Å². The van der Waals surface area contributed by atoms with Gasteiger partial charge in [0.1, 0.15) is 0 Å². The van der Waals surface area contributed by atoms with Crippen LogP contribution in [0.4, 0.5) is 4.79 Å². The molecule has 110 valence electrons. The Hall–Kier alpha value is -1.22. The Morgan fingerprint density at radius 2 is 2.32 bits per heavy atom. The van der Waals surface area contributed by atoms with Gasteiger partial charge in [-0.1, -0.05) is 0 Å². The molecule has 19 heavy (non-hydrogen) atoms. The Balaban J connectivity index is 2.27. The predicted octanol–water partition coefficient (Wildman–Crippen LogP) is -1.85. The number of aliphatic hydroxyl groups excluding tert-OH is 1. The van der Waals surface area contributed by atoms with E-state index in [9.17, 15) is 9.59 Å². The van der Waals surface area contributed by atoms with E-state index in [-0.39, 0.29) is 19.2 Å². The third kappa shape index (κ3) is 5.97. The fourth-order valence-corrected chi connectivity index (χ4v) is 1.73. The van der Waals surface area contributed by atoms with Gasteiger partial charge in [0.15, 0.2) is 0 Å². The van der Waals surface area contributed by atoms with Crippen LogP contribution in [-0.2, 0) is 14.3 Å². The van der Waals surface area contributed by atoms with Gasteiger partial charge < -0.3 is 19.9 Å². The van der Waals surface area contributed by atoms with E-state index in [1.165, 1.54) is 7.11 Å². The van der Waals surface area contributed by atoms with Gasteiger partial charge in [-0.25, -0.2) is 4.79 Å². The summed E-state index contributed by atoms with van der Waals surface area (Å²) in [5.41, 5.74) is 0. The highest BCUT2D eigenvalue weighted by Crippen LogP contribution is 2.05. The van der Waals surface area contributed by atoms with Crippen molar-refractivity contribution in [3.05, 3.63) is 0 Å². The zero-order chi connectivity index (χ0) is 14.1. The van der Waals surface area contributed by atoms with Gasteiger partial charge >= 0.3 is 6.03 Å². The number of nitrogens with zero attached hydrogens (tertiary/aromatic N) is 1. The fourth-order valence-electron chi connectivity index (χ4n) is 1.73. The van der Waals surface area contributed by atoms with Crippen LogP contribution in [0.15, 0.2) is 0 Å².